The average molecular weight is 329 g/mol. The second-order valence-electron chi connectivity index (χ2n) is 5.45. The Kier molecular flexibility index (Phi) is 4.42. The third-order valence-electron chi connectivity index (χ3n) is 2.46. The zero-order valence-corrected chi connectivity index (χ0v) is 11.8. The van der Waals surface area contributed by atoms with E-state index in [1.165, 1.54) is 20.8 Å². The Morgan fingerprint density at radius 3 is 1.73 bits per heavy atom. The van der Waals surface area contributed by atoms with Gasteiger partial charge in [-0.1, -0.05) is 0 Å². The van der Waals surface area contributed by atoms with Crippen LogP contribution in [0, 0.1) is 0 Å². The number of hydrogen-bond donors (Lipinski definition) is 1. The molecule has 0 spiro atoms. The van der Waals surface area contributed by atoms with Crippen LogP contribution < -0.4 is 5.73 Å². The topological polar surface area (TPSA) is 52.3 Å². The molecule has 0 bridgehead atoms. The maximum Gasteiger partial charge on any atom is 0.418 e. The number of ether oxygens (including phenoxy) is 1. The lowest BCUT2D eigenvalue weighted by atomic mass is 9.99. The first-order valence-corrected chi connectivity index (χ1v) is 5.95. The summed E-state index contributed by atoms with van der Waals surface area (Å²) < 4.78 is 81.7. The molecule has 0 unspecified atom stereocenters. The minimum Gasteiger partial charge on any atom is -0.456 e. The number of esters is 1. The lowest BCUT2D eigenvalue weighted by Gasteiger charge is -2.23. The molecular weight excluding hydrogens is 316 g/mol. The average Bonchev–Trinajstić information content (AvgIpc) is 2.22. The van der Waals surface area contributed by atoms with Crippen molar-refractivity contribution in [2.75, 3.05) is 5.73 Å². The van der Waals surface area contributed by atoms with Gasteiger partial charge in [0.1, 0.15) is 5.60 Å². The molecule has 1 aromatic rings. The molecule has 0 saturated heterocycles. The van der Waals surface area contributed by atoms with Crippen LogP contribution in [0.25, 0.3) is 0 Å². The highest BCUT2D eigenvalue weighted by Crippen LogP contribution is 2.41. The Bertz CT molecular complexity index is 584. The molecule has 0 aliphatic heterocycles. The van der Waals surface area contributed by atoms with Crippen LogP contribution >= 0.6 is 0 Å². The predicted molar refractivity (Wildman–Crippen MR) is 66.0 cm³/mol. The van der Waals surface area contributed by atoms with Crippen LogP contribution in [0.1, 0.15) is 42.3 Å². The van der Waals surface area contributed by atoms with Gasteiger partial charge in [0.15, 0.2) is 0 Å². The minimum atomic E-state index is -5.05. The third-order valence-corrected chi connectivity index (χ3v) is 2.46. The number of halogens is 6. The molecule has 3 nitrogen and oxygen atoms in total. The normalized spacial score (nSPS) is 13.1. The van der Waals surface area contributed by atoms with Crippen molar-refractivity contribution in [1.29, 1.82) is 0 Å². The quantitative estimate of drug-likeness (QED) is 0.476. The van der Waals surface area contributed by atoms with Crippen LogP contribution in [0.2, 0.25) is 0 Å². The molecule has 0 aliphatic carbocycles. The van der Waals surface area contributed by atoms with Crippen molar-refractivity contribution in [3.8, 4) is 0 Å². The predicted octanol–water partition coefficient (Wildman–Crippen LogP) is 4.26. The molecule has 1 rings (SSSR count). The molecule has 0 heterocycles. The molecule has 0 saturated carbocycles. The molecule has 0 radical (unpaired) electrons. The van der Waals surface area contributed by atoms with E-state index in [1.54, 1.807) is 0 Å². The van der Waals surface area contributed by atoms with Crippen LogP contribution in [0.4, 0.5) is 32.0 Å². The molecule has 22 heavy (non-hydrogen) atoms. The van der Waals surface area contributed by atoms with E-state index in [9.17, 15) is 31.1 Å². The van der Waals surface area contributed by atoms with Gasteiger partial charge in [-0.15, -0.1) is 0 Å². The number of alkyl halides is 6. The van der Waals surface area contributed by atoms with Gasteiger partial charge in [-0.2, -0.15) is 26.3 Å². The van der Waals surface area contributed by atoms with E-state index < -0.39 is 46.3 Å². The fraction of sp³-hybridized carbons (Fsp3) is 0.462. The summed E-state index contributed by atoms with van der Waals surface area (Å²) in [5.41, 5.74) is -1.78. The lowest BCUT2D eigenvalue weighted by Crippen LogP contribution is -2.27. The first-order valence-electron chi connectivity index (χ1n) is 5.95. The Hall–Kier alpha value is -1.93. The van der Waals surface area contributed by atoms with Crippen molar-refractivity contribution in [2.45, 2.75) is 38.7 Å². The summed E-state index contributed by atoms with van der Waals surface area (Å²) in [5, 5.41) is 0. The zero-order valence-electron chi connectivity index (χ0n) is 11.8. The molecule has 0 aromatic heterocycles. The standard InChI is InChI=1S/C13H13F6NO2/c1-11(2,3)22-10(21)8-6(12(14,15)16)4-5-7(9(8)20)13(17,18)19/h4-5H,20H2,1-3H3. The molecule has 0 fully saturated rings. The molecule has 124 valence electrons. The fourth-order valence-electron chi connectivity index (χ4n) is 1.65. The van der Waals surface area contributed by atoms with E-state index in [0.717, 1.165) is 0 Å². The molecule has 0 aliphatic rings. The Morgan fingerprint density at radius 2 is 1.36 bits per heavy atom. The van der Waals surface area contributed by atoms with Crippen LogP contribution in [0.15, 0.2) is 12.1 Å². The van der Waals surface area contributed by atoms with Crippen LogP contribution in [0.5, 0.6) is 0 Å². The molecular formula is C13H13F6NO2. The van der Waals surface area contributed by atoms with Gasteiger partial charge in [-0.05, 0) is 32.9 Å². The SMILES string of the molecule is CC(C)(C)OC(=O)c1c(C(F)(F)F)ccc(C(F)(F)F)c1N. The highest BCUT2D eigenvalue weighted by atomic mass is 19.4. The van der Waals surface area contributed by atoms with Gasteiger partial charge in [0.25, 0.3) is 0 Å². The number of nitrogens with two attached hydrogens (primary N) is 1. The van der Waals surface area contributed by atoms with E-state index in [2.05, 4.69) is 0 Å². The Morgan fingerprint density at radius 1 is 0.955 bits per heavy atom. The Balaban J connectivity index is 3.59. The van der Waals surface area contributed by atoms with E-state index >= 15 is 0 Å². The second-order valence-corrected chi connectivity index (χ2v) is 5.45. The molecule has 9 heteroatoms. The van der Waals surface area contributed by atoms with Gasteiger partial charge < -0.3 is 10.5 Å². The summed E-state index contributed by atoms with van der Waals surface area (Å²) in [6, 6.07) is 0.352. The van der Waals surface area contributed by atoms with Gasteiger partial charge in [0, 0.05) is 0 Å². The summed E-state index contributed by atoms with van der Waals surface area (Å²) in [7, 11) is 0. The summed E-state index contributed by atoms with van der Waals surface area (Å²) in [5.74, 6) is -1.57. The van der Waals surface area contributed by atoms with Crippen molar-refractivity contribution < 1.29 is 35.9 Å². The lowest BCUT2D eigenvalue weighted by molar-refractivity contribution is -0.141. The number of rotatable bonds is 1. The summed E-state index contributed by atoms with van der Waals surface area (Å²) in [6.45, 7) is 4.09. The maximum absolute atomic E-state index is 12.9. The number of carbonyl (C=O) groups excluding carboxylic acids is 1. The highest BCUT2D eigenvalue weighted by Gasteiger charge is 2.42. The minimum absolute atomic E-state index is 0.165. The van der Waals surface area contributed by atoms with Crippen LogP contribution in [-0.2, 0) is 17.1 Å². The van der Waals surface area contributed by atoms with Gasteiger partial charge >= 0.3 is 18.3 Å². The number of hydrogen-bond acceptors (Lipinski definition) is 3. The van der Waals surface area contributed by atoms with E-state index in [-0.39, 0.29) is 12.1 Å². The summed E-state index contributed by atoms with van der Waals surface area (Å²) in [4.78, 5) is 11.9. The van der Waals surface area contributed by atoms with Gasteiger partial charge in [0.05, 0.1) is 22.4 Å². The number of carbonyl (C=O) groups is 1. The van der Waals surface area contributed by atoms with E-state index in [0.29, 0.717) is 0 Å². The summed E-state index contributed by atoms with van der Waals surface area (Å²) in [6.07, 6.45) is -10.0. The highest BCUT2D eigenvalue weighted by molar-refractivity contribution is 5.98. The number of nitrogen functional groups attached to an aromatic ring is 1. The van der Waals surface area contributed by atoms with Crippen molar-refractivity contribution in [2.24, 2.45) is 0 Å². The molecule has 0 atom stereocenters. The second kappa shape index (κ2) is 5.36. The van der Waals surface area contributed by atoms with Gasteiger partial charge in [-0.25, -0.2) is 4.79 Å². The molecule has 2 N–H and O–H groups in total. The van der Waals surface area contributed by atoms with Crippen molar-refractivity contribution >= 4 is 11.7 Å². The van der Waals surface area contributed by atoms with Crippen molar-refractivity contribution in [3.63, 3.8) is 0 Å². The van der Waals surface area contributed by atoms with Crippen molar-refractivity contribution in [1.82, 2.24) is 0 Å². The van der Waals surface area contributed by atoms with E-state index in [1.807, 2.05) is 0 Å². The third kappa shape index (κ3) is 4.05. The zero-order chi connectivity index (χ0) is 17.5. The molecule has 0 amide bonds. The first-order chi connectivity index (χ1) is 9.64. The van der Waals surface area contributed by atoms with Gasteiger partial charge in [-0.3, -0.25) is 0 Å². The molecule has 1 aromatic carbocycles. The fourth-order valence-corrected chi connectivity index (χ4v) is 1.65. The van der Waals surface area contributed by atoms with Crippen molar-refractivity contribution in [3.05, 3.63) is 28.8 Å². The smallest absolute Gasteiger partial charge is 0.418 e. The maximum atomic E-state index is 12.9. The van der Waals surface area contributed by atoms with E-state index in [4.69, 9.17) is 10.5 Å². The van der Waals surface area contributed by atoms with Crippen LogP contribution in [0.3, 0.4) is 0 Å². The Labute approximate surface area is 122 Å². The number of benzene rings is 1. The van der Waals surface area contributed by atoms with Gasteiger partial charge in [0.2, 0.25) is 0 Å². The van der Waals surface area contributed by atoms with Crippen LogP contribution in [-0.4, -0.2) is 11.6 Å². The largest absolute Gasteiger partial charge is 0.456 e. The monoisotopic (exact) mass is 329 g/mol. The first kappa shape index (κ1) is 18.1. The summed E-state index contributed by atoms with van der Waals surface area (Å²) >= 11 is 0. The number of anilines is 1.